The number of halogens is 2. The van der Waals surface area contributed by atoms with Crippen LogP contribution < -0.4 is 0 Å². The molecular weight excluding hydrogens is 385 g/mol. The third-order valence-electron chi connectivity index (χ3n) is 4.64. The molecule has 4 rings (SSSR count). The highest BCUT2D eigenvalue weighted by Crippen LogP contribution is 2.45. The van der Waals surface area contributed by atoms with E-state index in [0.29, 0.717) is 22.2 Å². The lowest BCUT2D eigenvalue weighted by Gasteiger charge is -2.34. The zero-order valence-electron chi connectivity index (χ0n) is 12.8. The predicted octanol–water partition coefficient (Wildman–Crippen LogP) is 3.48. The lowest BCUT2D eigenvalue weighted by molar-refractivity contribution is 0.0731. The molecule has 1 aliphatic carbocycles. The first-order valence-corrected chi connectivity index (χ1v) is 8.89. The van der Waals surface area contributed by atoms with Crippen molar-refractivity contribution in [2.45, 2.75) is 30.6 Å². The molecule has 7 heteroatoms. The van der Waals surface area contributed by atoms with E-state index in [0.717, 1.165) is 28.4 Å². The normalized spacial score (nSPS) is 18.8. The van der Waals surface area contributed by atoms with Crippen LogP contribution in [0.15, 0.2) is 34.9 Å². The van der Waals surface area contributed by atoms with Crippen LogP contribution in [0.1, 0.15) is 45.9 Å². The third kappa shape index (κ3) is 2.51. The first kappa shape index (κ1) is 16.2. The monoisotopic (exact) mass is 396 g/mol. The molecular formula is C17H12B2BrClN2O. The first-order chi connectivity index (χ1) is 11.4. The van der Waals surface area contributed by atoms with Crippen LogP contribution in [0.3, 0.4) is 0 Å². The summed E-state index contributed by atoms with van der Waals surface area (Å²) < 4.78 is 0.933. The molecule has 1 fully saturated rings. The van der Waals surface area contributed by atoms with Gasteiger partial charge in [0.1, 0.15) is 0 Å². The van der Waals surface area contributed by atoms with Gasteiger partial charge in [0, 0.05) is 27.6 Å². The van der Waals surface area contributed by atoms with Gasteiger partial charge in [-0.2, -0.15) is 0 Å². The zero-order valence-corrected chi connectivity index (χ0v) is 15.1. The summed E-state index contributed by atoms with van der Waals surface area (Å²) in [5.41, 5.74) is 2.91. The maximum absolute atomic E-state index is 12.8. The standard InChI is InChI=1S/C17H12B2BrClN2O/c18-17(19)15-11(2-1-5-22-15)16(24)23(17)8-13-12(9-3-4-9)6-10(20)7-14(13)21/h1-2,5-7,9H,3-4,8H2. The molecule has 1 aromatic carbocycles. The van der Waals surface area contributed by atoms with E-state index in [2.05, 4.69) is 27.0 Å². The zero-order chi connectivity index (χ0) is 17.1. The van der Waals surface area contributed by atoms with Gasteiger partial charge in [-0.05, 0) is 54.2 Å². The molecule has 1 aliphatic heterocycles. The van der Waals surface area contributed by atoms with Crippen LogP contribution in [0.5, 0.6) is 0 Å². The van der Waals surface area contributed by atoms with Crippen LogP contribution in [0.25, 0.3) is 0 Å². The van der Waals surface area contributed by atoms with E-state index >= 15 is 0 Å². The van der Waals surface area contributed by atoms with Crippen molar-refractivity contribution in [1.29, 1.82) is 0 Å². The minimum atomic E-state index is -1.44. The summed E-state index contributed by atoms with van der Waals surface area (Å²) in [6, 6.07) is 7.31. The summed E-state index contributed by atoms with van der Waals surface area (Å²) in [6.07, 6.45) is 3.85. The van der Waals surface area contributed by atoms with E-state index in [-0.39, 0.29) is 12.5 Å². The van der Waals surface area contributed by atoms with Crippen molar-refractivity contribution in [2.24, 2.45) is 0 Å². The van der Waals surface area contributed by atoms with E-state index in [9.17, 15) is 4.79 Å². The Kier molecular flexibility index (Phi) is 3.81. The van der Waals surface area contributed by atoms with Crippen molar-refractivity contribution in [2.75, 3.05) is 0 Å². The summed E-state index contributed by atoms with van der Waals surface area (Å²) in [5.74, 6) is 0.266. The highest BCUT2D eigenvalue weighted by atomic mass is 79.9. The number of carbonyl (C=O) groups is 1. The van der Waals surface area contributed by atoms with Gasteiger partial charge >= 0.3 is 0 Å². The number of hydrogen-bond acceptors (Lipinski definition) is 2. The predicted molar refractivity (Wildman–Crippen MR) is 98.4 cm³/mol. The van der Waals surface area contributed by atoms with Gasteiger partial charge in [0.15, 0.2) is 0 Å². The van der Waals surface area contributed by atoms with E-state index < -0.39 is 5.34 Å². The molecule has 3 nitrogen and oxygen atoms in total. The van der Waals surface area contributed by atoms with Crippen molar-refractivity contribution in [1.82, 2.24) is 9.88 Å². The topological polar surface area (TPSA) is 33.2 Å². The number of hydrogen-bond donors (Lipinski definition) is 0. The maximum Gasteiger partial charge on any atom is 0.255 e. The Hall–Kier alpha value is -1.26. The second-order valence-electron chi connectivity index (χ2n) is 6.35. The van der Waals surface area contributed by atoms with Crippen molar-refractivity contribution in [3.63, 3.8) is 0 Å². The summed E-state index contributed by atoms with van der Waals surface area (Å²) in [7, 11) is 12.5. The van der Waals surface area contributed by atoms with Crippen LogP contribution in [0.4, 0.5) is 0 Å². The molecule has 1 aromatic heterocycles. The Labute approximate surface area is 156 Å². The van der Waals surface area contributed by atoms with Gasteiger partial charge in [-0.1, -0.05) is 27.5 Å². The van der Waals surface area contributed by atoms with E-state index in [1.54, 1.807) is 18.3 Å². The first-order valence-electron chi connectivity index (χ1n) is 7.72. The Morgan fingerprint density at radius 2 is 2.12 bits per heavy atom. The fourth-order valence-electron chi connectivity index (χ4n) is 3.25. The molecule has 0 unspecified atom stereocenters. The quantitative estimate of drug-likeness (QED) is 0.744. The van der Waals surface area contributed by atoms with Crippen LogP contribution in [0, 0.1) is 0 Å². The van der Waals surface area contributed by atoms with Crippen LogP contribution in [-0.4, -0.2) is 31.5 Å². The number of amides is 1. The molecule has 116 valence electrons. The van der Waals surface area contributed by atoms with E-state index in [1.807, 2.05) is 6.07 Å². The minimum Gasteiger partial charge on any atom is -0.340 e. The summed E-state index contributed by atoms with van der Waals surface area (Å²) in [6.45, 7) is 0.264. The maximum atomic E-state index is 12.8. The van der Waals surface area contributed by atoms with Crippen molar-refractivity contribution in [3.8, 4) is 0 Å². The SMILES string of the molecule is [B]C1([B])c2ncccc2C(=O)N1Cc1c(Cl)cc(Br)cc1C1CC1. The molecule has 0 bridgehead atoms. The molecule has 1 amide bonds. The Bertz CT molecular complexity index is 854. The van der Waals surface area contributed by atoms with Gasteiger partial charge in [0.25, 0.3) is 5.91 Å². The molecule has 0 N–H and O–H groups in total. The van der Waals surface area contributed by atoms with Gasteiger partial charge < -0.3 is 4.90 Å². The number of pyridine rings is 1. The third-order valence-corrected chi connectivity index (χ3v) is 5.43. The Morgan fingerprint density at radius 1 is 1.38 bits per heavy atom. The molecule has 0 spiro atoms. The molecule has 0 atom stereocenters. The number of aromatic nitrogens is 1. The number of nitrogens with zero attached hydrogens (tertiary/aromatic N) is 2. The molecule has 2 aromatic rings. The second kappa shape index (κ2) is 5.63. The van der Waals surface area contributed by atoms with Gasteiger partial charge in [0.2, 0.25) is 0 Å². The molecule has 2 aliphatic rings. The lowest BCUT2D eigenvalue weighted by Crippen LogP contribution is -2.44. The fourth-order valence-corrected chi connectivity index (χ4v) is 4.14. The van der Waals surface area contributed by atoms with Gasteiger partial charge in [-0.25, -0.2) is 0 Å². The Morgan fingerprint density at radius 3 is 2.79 bits per heavy atom. The Balaban J connectivity index is 1.76. The van der Waals surface area contributed by atoms with E-state index in [1.165, 1.54) is 4.90 Å². The lowest BCUT2D eigenvalue weighted by atomic mass is 9.59. The molecule has 1 saturated carbocycles. The van der Waals surface area contributed by atoms with Crippen LogP contribution in [-0.2, 0) is 11.9 Å². The summed E-state index contributed by atoms with van der Waals surface area (Å²) in [5, 5.41) is -0.830. The molecule has 2 heterocycles. The highest BCUT2D eigenvalue weighted by Gasteiger charge is 2.43. The molecule has 24 heavy (non-hydrogen) atoms. The van der Waals surface area contributed by atoms with Crippen LogP contribution in [0.2, 0.25) is 5.02 Å². The number of fused-ring (bicyclic) bond motifs is 1. The second-order valence-corrected chi connectivity index (χ2v) is 7.67. The molecule has 4 radical (unpaired) electrons. The fraction of sp³-hybridized carbons (Fsp3) is 0.294. The average Bonchev–Trinajstić information content (AvgIpc) is 3.34. The average molecular weight is 397 g/mol. The van der Waals surface area contributed by atoms with Crippen molar-refractivity contribution < 1.29 is 4.79 Å². The number of benzene rings is 1. The van der Waals surface area contributed by atoms with Crippen molar-refractivity contribution in [3.05, 3.63) is 62.3 Å². The largest absolute Gasteiger partial charge is 0.340 e. The van der Waals surface area contributed by atoms with Crippen molar-refractivity contribution >= 4 is 49.1 Å². The highest BCUT2D eigenvalue weighted by molar-refractivity contribution is 9.10. The van der Waals surface area contributed by atoms with E-state index in [4.69, 9.17) is 27.3 Å². The van der Waals surface area contributed by atoms with Gasteiger partial charge in [0.05, 0.1) is 26.9 Å². The summed E-state index contributed by atoms with van der Waals surface area (Å²) >= 11 is 9.96. The smallest absolute Gasteiger partial charge is 0.255 e. The van der Waals surface area contributed by atoms with Gasteiger partial charge in [-0.15, -0.1) is 0 Å². The van der Waals surface area contributed by atoms with Crippen LogP contribution >= 0.6 is 27.5 Å². The number of rotatable bonds is 3. The minimum absolute atomic E-state index is 0.219. The number of carbonyl (C=O) groups excluding carboxylic acids is 1. The summed E-state index contributed by atoms with van der Waals surface area (Å²) in [4.78, 5) is 18.4. The van der Waals surface area contributed by atoms with Gasteiger partial charge in [-0.3, -0.25) is 9.78 Å². The molecule has 0 saturated heterocycles.